The topological polar surface area (TPSA) is 78.0 Å². The molecule has 2 rings (SSSR count). The van der Waals surface area contributed by atoms with Crippen LogP contribution < -0.4 is 15.8 Å². The zero-order valence-electron chi connectivity index (χ0n) is 10.8. The molecule has 2 aromatic rings. The van der Waals surface area contributed by atoms with Crippen LogP contribution in [-0.4, -0.2) is 26.9 Å². The van der Waals surface area contributed by atoms with Crippen molar-refractivity contribution in [3.8, 4) is 5.75 Å². The molecule has 1 aromatic carbocycles. The normalized spacial score (nSPS) is 10.2. The van der Waals surface area contributed by atoms with Gasteiger partial charge in [-0.15, -0.1) is 0 Å². The third kappa shape index (κ3) is 3.19. The van der Waals surface area contributed by atoms with E-state index in [2.05, 4.69) is 15.4 Å². The second kappa shape index (κ2) is 5.66. The van der Waals surface area contributed by atoms with Crippen LogP contribution in [0.2, 0.25) is 0 Å². The van der Waals surface area contributed by atoms with Crippen LogP contribution in [0.3, 0.4) is 0 Å². The fourth-order valence-corrected chi connectivity index (χ4v) is 1.83. The molecule has 0 radical (unpaired) electrons. The molecule has 0 amide bonds. The lowest BCUT2D eigenvalue weighted by Gasteiger charge is -2.11. The fourth-order valence-electron chi connectivity index (χ4n) is 1.65. The van der Waals surface area contributed by atoms with E-state index in [0.717, 1.165) is 17.0 Å². The Hall–Kier alpha value is -2.15. The Morgan fingerprint density at radius 2 is 2.32 bits per heavy atom. The number of nitrogens with two attached hydrogens (primary N) is 1. The lowest BCUT2D eigenvalue weighted by Crippen LogP contribution is -2.13. The number of rotatable bonds is 5. The number of methoxy groups -OCH3 is 1. The van der Waals surface area contributed by atoms with Gasteiger partial charge in [-0.3, -0.25) is 4.68 Å². The second-order valence-electron chi connectivity index (χ2n) is 3.96. The number of ether oxygens (including phenoxy) is 1. The molecule has 100 valence electrons. The van der Waals surface area contributed by atoms with Crippen LogP contribution in [-0.2, 0) is 13.6 Å². The molecule has 7 heteroatoms. The minimum Gasteiger partial charge on any atom is -0.497 e. The summed E-state index contributed by atoms with van der Waals surface area (Å²) in [6, 6.07) is 5.49. The van der Waals surface area contributed by atoms with Gasteiger partial charge in [-0.25, -0.2) is 4.98 Å². The highest BCUT2D eigenvalue weighted by atomic mass is 32.1. The number of hydrogen-bond donors (Lipinski definition) is 2. The molecule has 0 spiro atoms. The fraction of sp³-hybridized carbons (Fsp3) is 0.250. The van der Waals surface area contributed by atoms with Crippen molar-refractivity contribution in [1.82, 2.24) is 14.8 Å². The summed E-state index contributed by atoms with van der Waals surface area (Å²) >= 11 is 5.03. The molecule has 0 unspecified atom stereocenters. The molecular formula is C12H15N5OS. The smallest absolute Gasteiger partial charge is 0.169 e. The van der Waals surface area contributed by atoms with Crippen molar-refractivity contribution < 1.29 is 4.74 Å². The summed E-state index contributed by atoms with van der Waals surface area (Å²) in [6.45, 7) is 0.490. The summed E-state index contributed by atoms with van der Waals surface area (Å²) in [5.41, 5.74) is 7.27. The summed E-state index contributed by atoms with van der Waals surface area (Å²) in [7, 11) is 3.43. The Bertz CT molecular complexity index is 596. The Kier molecular flexibility index (Phi) is 3.96. The number of aromatic nitrogens is 3. The van der Waals surface area contributed by atoms with Gasteiger partial charge >= 0.3 is 0 Å². The molecule has 0 fully saturated rings. The first-order valence-electron chi connectivity index (χ1n) is 5.66. The van der Waals surface area contributed by atoms with Crippen LogP contribution in [0.15, 0.2) is 24.5 Å². The standard InChI is InChI=1S/C12H15N5OS/c1-17-7-15-11(16-17)6-14-10-5-8(18-2)3-4-9(10)12(13)19/h3-5,7,14H,6H2,1-2H3,(H2,13,19). The number of anilines is 1. The van der Waals surface area contributed by atoms with E-state index in [0.29, 0.717) is 17.4 Å². The van der Waals surface area contributed by atoms with Crippen molar-refractivity contribution in [3.05, 3.63) is 35.9 Å². The number of nitrogens with one attached hydrogen (secondary N) is 1. The van der Waals surface area contributed by atoms with Gasteiger partial charge in [0.05, 0.1) is 13.7 Å². The van der Waals surface area contributed by atoms with Gasteiger partial charge in [0.25, 0.3) is 0 Å². The highest BCUT2D eigenvalue weighted by molar-refractivity contribution is 7.80. The van der Waals surface area contributed by atoms with E-state index in [-0.39, 0.29) is 0 Å². The molecule has 0 aliphatic rings. The van der Waals surface area contributed by atoms with E-state index in [9.17, 15) is 0 Å². The van der Waals surface area contributed by atoms with Gasteiger partial charge in [-0.1, -0.05) is 12.2 Å². The van der Waals surface area contributed by atoms with Crippen molar-refractivity contribution >= 4 is 22.9 Å². The lowest BCUT2D eigenvalue weighted by molar-refractivity contribution is 0.415. The molecule has 3 N–H and O–H groups in total. The quantitative estimate of drug-likeness (QED) is 0.796. The first kappa shape index (κ1) is 13.3. The third-order valence-electron chi connectivity index (χ3n) is 2.58. The maximum Gasteiger partial charge on any atom is 0.169 e. The van der Waals surface area contributed by atoms with Gasteiger partial charge in [0, 0.05) is 24.4 Å². The van der Waals surface area contributed by atoms with Gasteiger partial charge in [-0.2, -0.15) is 5.10 Å². The summed E-state index contributed by atoms with van der Waals surface area (Å²) < 4.78 is 6.84. The SMILES string of the molecule is COc1ccc(C(N)=S)c(NCc2ncn(C)n2)c1. The Morgan fingerprint density at radius 3 is 2.89 bits per heavy atom. The number of aryl methyl sites for hydroxylation is 1. The summed E-state index contributed by atoms with van der Waals surface area (Å²) in [4.78, 5) is 4.47. The van der Waals surface area contributed by atoms with Crippen LogP contribution in [0.25, 0.3) is 0 Å². The second-order valence-corrected chi connectivity index (χ2v) is 4.40. The van der Waals surface area contributed by atoms with E-state index in [4.69, 9.17) is 22.7 Å². The number of thiocarbonyl (C=S) groups is 1. The van der Waals surface area contributed by atoms with Crippen molar-refractivity contribution in [3.63, 3.8) is 0 Å². The molecule has 0 atom stereocenters. The minimum absolute atomic E-state index is 0.333. The average molecular weight is 277 g/mol. The van der Waals surface area contributed by atoms with E-state index in [1.54, 1.807) is 18.1 Å². The summed E-state index contributed by atoms with van der Waals surface area (Å²) in [6.07, 6.45) is 1.65. The molecule has 1 aromatic heterocycles. The third-order valence-corrected chi connectivity index (χ3v) is 2.80. The van der Waals surface area contributed by atoms with Gasteiger partial charge in [0.1, 0.15) is 17.1 Å². The van der Waals surface area contributed by atoms with E-state index < -0.39 is 0 Å². The van der Waals surface area contributed by atoms with Crippen molar-refractivity contribution in [2.24, 2.45) is 12.8 Å². The highest BCUT2D eigenvalue weighted by Crippen LogP contribution is 2.22. The molecule has 0 saturated carbocycles. The van der Waals surface area contributed by atoms with Gasteiger partial charge in [0.15, 0.2) is 5.82 Å². The molecule has 19 heavy (non-hydrogen) atoms. The molecule has 0 aliphatic heterocycles. The lowest BCUT2D eigenvalue weighted by atomic mass is 10.1. The first-order valence-corrected chi connectivity index (χ1v) is 6.07. The predicted molar refractivity (Wildman–Crippen MR) is 77.2 cm³/mol. The van der Waals surface area contributed by atoms with Crippen molar-refractivity contribution in [2.45, 2.75) is 6.54 Å². The predicted octanol–water partition coefficient (Wildman–Crippen LogP) is 1.07. The molecular weight excluding hydrogens is 262 g/mol. The number of nitrogens with zero attached hydrogens (tertiary/aromatic N) is 3. The van der Waals surface area contributed by atoms with Crippen LogP contribution >= 0.6 is 12.2 Å². The summed E-state index contributed by atoms with van der Waals surface area (Å²) in [5, 5.41) is 7.40. The van der Waals surface area contributed by atoms with Gasteiger partial charge in [0.2, 0.25) is 0 Å². The monoisotopic (exact) mass is 277 g/mol. The average Bonchev–Trinajstić information content (AvgIpc) is 2.81. The molecule has 0 aliphatic carbocycles. The Morgan fingerprint density at radius 1 is 1.53 bits per heavy atom. The number of benzene rings is 1. The van der Waals surface area contributed by atoms with E-state index >= 15 is 0 Å². The van der Waals surface area contributed by atoms with Crippen LogP contribution in [0.5, 0.6) is 5.75 Å². The maximum absolute atomic E-state index is 5.69. The molecule has 0 bridgehead atoms. The molecule has 6 nitrogen and oxygen atoms in total. The molecule has 0 saturated heterocycles. The van der Waals surface area contributed by atoms with Crippen LogP contribution in [0, 0.1) is 0 Å². The van der Waals surface area contributed by atoms with Crippen LogP contribution in [0.4, 0.5) is 5.69 Å². The highest BCUT2D eigenvalue weighted by Gasteiger charge is 2.08. The number of hydrogen-bond acceptors (Lipinski definition) is 5. The minimum atomic E-state index is 0.333. The zero-order chi connectivity index (χ0) is 13.8. The van der Waals surface area contributed by atoms with E-state index in [1.165, 1.54) is 0 Å². The van der Waals surface area contributed by atoms with Crippen molar-refractivity contribution in [2.75, 3.05) is 12.4 Å². The first-order chi connectivity index (χ1) is 9.10. The zero-order valence-corrected chi connectivity index (χ0v) is 11.6. The Labute approximate surface area is 116 Å². The van der Waals surface area contributed by atoms with E-state index in [1.807, 2.05) is 25.2 Å². The van der Waals surface area contributed by atoms with Gasteiger partial charge in [-0.05, 0) is 12.1 Å². The molecule has 1 heterocycles. The largest absolute Gasteiger partial charge is 0.497 e. The maximum atomic E-state index is 5.69. The van der Waals surface area contributed by atoms with Crippen molar-refractivity contribution in [1.29, 1.82) is 0 Å². The summed E-state index contributed by atoms with van der Waals surface area (Å²) in [5.74, 6) is 1.43. The van der Waals surface area contributed by atoms with Gasteiger partial charge < -0.3 is 15.8 Å². The van der Waals surface area contributed by atoms with Crippen LogP contribution in [0.1, 0.15) is 11.4 Å². The Balaban J connectivity index is 2.19.